The Balaban J connectivity index is 2.00. The van der Waals surface area contributed by atoms with Gasteiger partial charge in [0, 0.05) is 0 Å². The molecule has 2 heterocycles. The van der Waals surface area contributed by atoms with E-state index in [0.717, 1.165) is 6.20 Å². The number of aromatic amines is 1. The lowest BCUT2D eigenvalue weighted by Gasteiger charge is -2.08. The van der Waals surface area contributed by atoms with E-state index in [1.807, 2.05) is 12.1 Å². The minimum Gasteiger partial charge on any atom is -0.304 e. The number of hydrogen-bond donors (Lipinski definition) is 2. The molecular weight excluding hydrogens is 314 g/mol. The molecule has 0 spiro atoms. The molecule has 2 aromatic heterocycles. The van der Waals surface area contributed by atoms with Crippen molar-refractivity contribution in [2.45, 2.75) is 0 Å². The quantitative estimate of drug-likeness (QED) is 0.551. The highest BCUT2D eigenvalue weighted by Gasteiger charge is 2.25. The van der Waals surface area contributed by atoms with Crippen LogP contribution < -0.4 is 5.32 Å². The fraction of sp³-hybridized carbons (Fsp3) is 0. The van der Waals surface area contributed by atoms with E-state index in [0.29, 0.717) is 5.69 Å². The van der Waals surface area contributed by atoms with Crippen LogP contribution in [0.2, 0.25) is 0 Å². The molecule has 0 saturated carbocycles. The number of carbonyl (C=O) groups is 1. The van der Waals surface area contributed by atoms with E-state index in [9.17, 15) is 20.2 Å². The van der Waals surface area contributed by atoms with Crippen molar-refractivity contribution in [2.24, 2.45) is 0 Å². The maximum absolute atomic E-state index is 12.3. The summed E-state index contributed by atoms with van der Waals surface area (Å²) in [6.45, 7) is 0. The van der Waals surface area contributed by atoms with Gasteiger partial charge in [0.05, 0.1) is 16.8 Å². The van der Waals surface area contributed by atoms with Gasteiger partial charge in [-0.25, -0.2) is 4.68 Å². The van der Waals surface area contributed by atoms with Crippen LogP contribution in [0, 0.1) is 21.4 Å². The minimum absolute atomic E-state index is 0.109. The lowest BCUT2D eigenvalue weighted by Crippen LogP contribution is -2.17. The summed E-state index contributed by atoms with van der Waals surface area (Å²) in [6, 6.07) is 10.7. The van der Waals surface area contributed by atoms with Crippen LogP contribution in [0.1, 0.15) is 16.1 Å². The molecular formula is C14H9N7O3. The monoisotopic (exact) mass is 323 g/mol. The zero-order valence-electron chi connectivity index (χ0n) is 12.0. The molecule has 0 aliphatic carbocycles. The number of benzene rings is 1. The number of nitrogens with zero attached hydrogens (tertiary/aromatic N) is 5. The number of para-hydroxylation sites is 1. The van der Waals surface area contributed by atoms with Gasteiger partial charge in [-0.05, 0) is 12.1 Å². The Labute approximate surface area is 134 Å². The second kappa shape index (κ2) is 6.01. The molecule has 0 aliphatic heterocycles. The van der Waals surface area contributed by atoms with E-state index < -0.39 is 16.5 Å². The maximum Gasteiger partial charge on any atom is 0.319 e. The van der Waals surface area contributed by atoms with Gasteiger partial charge in [0.15, 0.2) is 5.82 Å². The van der Waals surface area contributed by atoms with E-state index in [4.69, 9.17) is 0 Å². The molecule has 1 amide bonds. The summed E-state index contributed by atoms with van der Waals surface area (Å²) in [7, 11) is 0. The number of nitro groups is 1. The van der Waals surface area contributed by atoms with Crippen LogP contribution in [0.4, 0.5) is 11.5 Å². The van der Waals surface area contributed by atoms with Gasteiger partial charge in [0.2, 0.25) is 5.69 Å². The van der Waals surface area contributed by atoms with Crippen LogP contribution in [0.15, 0.2) is 42.7 Å². The third-order valence-corrected chi connectivity index (χ3v) is 3.17. The summed E-state index contributed by atoms with van der Waals surface area (Å²) in [5, 5.41) is 32.4. The van der Waals surface area contributed by atoms with Gasteiger partial charge >= 0.3 is 5.69 Å². The summed E-state index contributed by atoms with van der Waals surface area (Å²) in [6.07, 6.45) is 2.23. The van der Waals surface area contributed by atoms with Crippen LogP contribution in [-0.2, 0) is 0 Å². The average molecular weight is 323 g/mol. The van der Waals surface area contributed by atoms with Crippen molar-refractivity contribution >= 4 is 17.4 Å². The van der Waals surface area contributed by atoms with E-state index in [1.165, 1.54) is 10.9 Å². The highest BCUT2D eigenvalue weighted by molar-refractivity contribution is 6.05. The lowest BCUT2D eigenvalue weighted by molar-refractivity contribution is -0.385. The fourth-order valence-corrected chi connectivity index (χ4v) is 2.07. The van der Waals surface area contributed by atoms with Crippen molar-refractivity contribution in [1.82, 2.24) is 20.0 Å². The zero-order chi connectivity index (χ0) is 17.1. The first kappa shape index (κ1) is 14.9. The number of rotatable bonds is 4. The summed E-state index contributed by atoms with van der Waals surface area (Å²) in [5.41, 5.74) is -0.0377. The normalized spacial score (nSPS) is 10.1. The second-order valence-electron chi connectivity index (χ2n) is 4.61. The molecule has 3 aromatic rings. The van der Waals surface area contributed by atoms with Crippen molar-refractivity contribution in [2.75, 3.05) is 5.32 Å². The molecule has 0 saturated heterocycles. The average Bonchev–Trinajstić information content (AvgIpc) is 3.22. The van der Waals surface area contributed by atoms with Gasteiger partial charge in [-0.2, -0.15) is 15.5 Å². The predicted molar refractivity (Wildman–Crippen MR) is 81.5 cm³/mol. The summed E-state index contributed by atoms with van der Waals surface area (Å²) in [5.74, 6) is -0.689. The van der Waals surface area contributed by atoms with Crippen molar-refractivity contribution in [3.05, 3.63) is 64.1 Å². The third kappa shape index (κ3) is 2.57. The van der Waals surface area contributed by atoms with Crippen molar-refractivity contribution in [3.8, 4) is 11.8 Å². The van der Waals surface area contributed by atoms with Gasteiger partial charge in [-0.1, -0.05) is 18.2 Å². The van der Waals surface area contributed by atoms with Gasteiger partial charge in [0.25, 0.3) is 5.91 Å². The standard InChI is InChI=1S/C14H9N7O3/c15-6-9-7-17-20(10-4-2-1-3-5-10)13(9)18-14(22)12-11(21(23)24)8-16-19-12/h1-5,7-8H,(H,16,19)(H,18,22). The Hall–Kier alpha value is -4.00. The molecule has 118 valence electrons. The smallest absolute Gasteiger partial charge is 0.304 e. The number of anilines is 1. The van der Waals surface area contributed by atoms with E-state index in [2.05, 4.69) is 20.6 Å². The van der Waals surface area contributed by atoms with Crippen molar-refractivity contribution < 1.29 is 9.72 Å². The van der Waals surface area contributed by atoms with Gasteiger partial charge < -0.3 is 5.32 Å². The first-order valence-corrected chi connectivity index (χ1v) is 6.64. The molecule has 3 rings (SSSR count). The number of carbonyl (C=O) groups excluding carboxylic acids is 1. The van der Waals surface area contributed by atoms with Crippen LogP contribution in [0.5, 0.6) is 0 Å². The van der Waals surface area contributed by atoms with Crippen molar-refractivity contribution in [3.63, 3.8) is 0 Å². The number of nitriles is 1. The topological polar surface area (TPSA) is 143 Å². The Kier molecular flexibility index (Phi) is 3.74. The zero-order valence-corrected chi connectivity index (χ0v) is 12.0. The second-order valence-corrected chi connectivity index (χ2v) is 4.61. The molecule has 0 atom stereocenters. The van der Waals surface area contributed by atoms with Crippen molar-refractivity contribution in [1.29, 1.82) is 5.26 Å². The van der Waals surface area contributed by atoms with Gasteiger partial charge in [-0.15, -0.1) is 0 Å². The number of nitrogens with one attached hydrogen (secondary N) is 2. The fourth-order valence-electron chi connectivity index (χ4n) is 2.07. The van der Waals surface area contributed by atoms with Crippen LogP contribution in [0.25, 0.3) is 5.69 Å². The number of hydrogen-bond acceptors (Lipinski definition) is 6. The third-order valence-electron chi connectivity index (χ3n) is 3.17. The van der Waals surface area contributed by atoms with Crippen LogP contribution in [-0.4, -0.2) is 30.8 Å². The Morgan fingerprint density at radius 3 is 2.75 bits per heavy atom. The number of aromatic nitrogens is 4. The molecule has 1 aromatic carbocycles. The predicted octanol–water partition coefficient (Wildman–Crippen LogP) is 1.63. The van der Waals surface area contributed by atoms with Crippen LogP contribution in [0.3, 0.4) is 0 Å². The maximum atomic E-state index is 12.3. The van der Waals surface area contributed by atoms with E-state index in [-0.39, 0.29) is 17.1 Å². The highest BCUT2D eigenvalue weighted by atomic mass is 16.6. The van der Waals surface area contributed by atoms with Gasteiger partial charge in [0.1, 0.15) is 17.8 Å². The van der Waals surface area contributed by atoms with E-state index in [1.54, 1.807) is 24.3 Å². The molecule has 0 unspecified atom stereocenters. The first-order chi connectivity index (χ1) is 11.6. The summed E-state index contributed by atoms with van der Waals surface area (Å²) >= 11 is 0. The molecule has 10 nitrogen and oxygen atoms in total. The summed E-state index contributed by atoms with van der Waals surface area (Å²) < 4.78 is 1.36. The van der Waals surface area contributed by atoms with E-state index >= 15 is 0 Å². The SMILES string of the molecule is N#Cc1cnn(-c2ccccc2)c1NC(=O)c1[nH]ncc1[N+](=O)[O-]. The number of H-pyrrole nitrogens is 1. The van der Waals surface area contributed by atoms with Crippen LogP contribution >= 0.6 is 0 Å². The Morgan fingerprint density at radius 2 is 2.08 bits per heavy atom. The highest BCUT2D eigenvalue weighted by Crippen LogP contribution is 2.22. The van der Waals surface area contributed by atoms with Gasteiger partial charge in [-0.3, -0.25) is 20.0 Å². The largest absolute Gasteiger partial charge is 0.319 e. The lowest BCUT2D eigenvalue weighted by atomic mass is 10.3. The molecule has 10 heteroatoms. The minimum atomic E-state index is -0.798. The Bertz CT molecular complexity index is 952. The molecule has 0 bridgehead atoms. The molecule has 0 radical (unpaired) electrons. The molecule has 0 fully saturated rings. The number of amides is 1. The Morgan fingerprint density at radius 1 is 1.33 bits per heavy atom. The molecule has 0 aliphatic rings. The summed E-state index contributed by atoms with van der Waals surface area (Å²) in [4.78, 5) is 22.5. The molecule has 24 heavy (non-hydrogen) atoms. The molecule has 2 N–H and O–H groups in total. The first-order valence-electron chi connectivity index (χ1n) is 6.64.